The van der Waals surface area contributed by atoms with Crippen molar-refractivity contribution in [3.63, 3.8) is 0 Å². The summed E-state index contributed by atoms with van der Waals surface area (Å²) in [7, 11) is 0. The number of halogens is 1. The summed E-state index contributed by atoms with van der Waals surface area (Å²) < 4.78 is 5.58. The molecule has 0 unspecified atom stereocenters. The van der Waals surface area contributed by atoms with Crippen LogP contribution in [0.3, 0.4) is 0 Å². The van der Waals surface area contributed by atoms with Gasteiger partial charge in [0.2, 0.25) is 0 Å². The fourth-order valence-electron chi connectivity index (χ4n) is 4.28. The zero-order valence-electron chi connectivity index (χ0n) is 16.3. The van der Waals surface area contributed by atoms with Crippen LogP contribution >= 0.6 is 11.6 Å². The molecule has 6 heteroatoms. The smallest absolute Gasteiger partial charge is 0.255 e. The number of nitrogen functional groups attached to an aromatic ring is 1. The number of hydrogen-bond acceptors (Lipinski definition) is 4. The Bertz CT molecular complexity index is 639. The van der Waals surface area contributed by atoms with Crippen molar-refractivity contribution in [1.29, 1.82) is 0 Å². The highest BCUT2D eigenvalue weighted by Crippen LogP contribution is 2.30. The predicted octanol–water partition coefficient (Wildman–Crippen LogP) is 4.10. The first-order valence-electron chi connectivity index (χ1n) is 10.3. The molecule has 1 saturated carbocycles. The van der Waals surface area contributed by atoms with Crippen LogP contribution in [-0.4, -0.2) is 43.1 Å². The molecule has 3 N–H and O–H groups in total. The van der Waals surface area contributed by atoms with Gasteiger partial charge in [0.05, 0.1) is 22.9 Å². The summed E-state index contributed by atoms with van der Waals surface area (Å²) in [5, 5.41) is 3.54. The Morgan fingerprint density at radius 2 is 1.93 bits per heavy atom. The summed E-state index contributed by atoms with van der Waals surface area (Å²) >= 11 is 6.12. The van der Waals surface area contributed by atoms with E-state index >= 15 is 0 Å². The largest absolute Gasteiger partial charge is 0.493 e. The molecule has 2 fully saturated rings. The topological polar surface area (TPSA) is 67.6 Å². The van der Waals surface area contributed by atoms with Gasteiger partial charge < -0.3 is 20.7 Å². The van der Waals surface area contributed by atoms with Crippen LogP contribution in [0.5, 0.6) is 5.75 Å². The summed E-state index contributed by atoms with van der Waals surface area (Å²) in [6, 6.07) is 3.44. The second kappa shape index (κ2) is 9.65. The third-order valence-electron chi connectivity index (χ3n) is 5.81. The van der Waals surface area contributed by atoms with E-state index in [-0.39, 0.29) is 11.9 Å². The Kier molecular flexibility index (Phi) is 7.25. The SMILES string of the molecule is CCOc1cc(N)c(Cl)cc1C(=O)NC1CCN(CC2CCCCC2)CC1. The lowest BCUT2D eigenvalue weighted by molar-refractivity contribution is 0.0898. The number of benzene rings is 1. The molecule has 1 aliphatic heterocycles. The molecule has 1 aromatic rings. The van der Waals surface area contributed by atoms with E-state index in [0.717, 1.165) is 31.8 Å². The van der Waals surface area contributed by atoms with Crippen LogP contribution in [0.1, 0.15) is 62.2 Å². The highest BCUT2D eigenvalue weighted by molar-refractivity contribution is 6.33. The van der Waals surface area contributed by atoms with Crippen molar-refractivity contribution in [2.24, 2.45) is 5.92 Å². The number of piperidine rings is 1. The van der Waals surface area contributed by atoms with Crippen LogP contribution in [-0.2, 0) is 0 Å². The number of carbonyl (C=O) groups excluding carboxylic acids is 1. The molecule has 0 spiro atoms. The number of likely N-dealkylation sites (tertiary alicyclic amines) is 1. The molecule has 1 amide bonds. The number of amides is 1. The van der Waals surface area contributed by atoms with E-state index in [1.165, 1.54) is 38.6 Å². The fourth-order valence-corrected chi connectivity index (χ4v) is 4.44. The molecule has 1 aliphatic carbocycles. The maximum absolute atomic E-state index is 12.8. The molecule has 0 bridgehead atoms. The molecule has 1 saturated heterocycles. The third-order valence-corrected chi connectivity index (χ3v) is 6.13. The number of nitrogens with zero attached hydrogens (tertiary/aromatic N) is 1. The number of nitrogens with two attached hydrogens (primary N) is 1. The van der Waals surface area contributed by atoms with Crippen molar-refractivity contribution in [2.45, 2.75) is 57.9 Å². The monoisotopic (exact) mass is 393 g/mol. The number of carbonyl (C=O) groups is 1. The summed E-state index contributed by atoms with van der Waals surface area (Å²) in [5.41, 5.74) is 6.73. The van der Waals surface area contributed by atoms with Crippen molar-refractivity contribution in [3.8, 4) is 5.75 Å². The molecule has 0 aromatic heterocycles. The van der Waals surface area contributed by atoms with Gasteiger partial charge in [-0.2, -0.15) is 0 Å². The van der Waals surface area contributed by atoms with Gasteiger partial charge in [-0.1, -0.05) is 30.9 Å². The van der Waals surface area contributed by atoms with Crippen molar-refractivity contribution in [3.05, 3.63) is 22.7 Å². The quantitative estimate of drug-likeness (QED) is 0.714. The number of anilines is 1. The molecule has 0 radical (unpaired) electrons. The summed E-state index contributed by atoms with van der Waals surface area (Å²) in [5.74, 6) is 1.23. The van der Waals surface area contributed by atoms with Crippen molar-refractivity contribution >= 4 is 23.2 Å². The maximum Gasteiger partial charge on any atom is 0.255 e. The maximum atomic E-state index is 12.8. The molecule has 0 atom stereocenters. The van der Waals surface area contributed by atoms with Crippen molar-refractivity contribution < 1.29 is 9.53 Å². The minimum atomic E-state index is -0.133. The van der Waals surface area contributed by atoms with E-state index in [1.807, 2.05) is 6.92 Å². The predicted molar refractivity (Wildman–Crippen MR) is 111 cm³/mol. The highest BCUT2D eigenvalue weighted by Gasteiger charge is 2.25. The van der Waals surface area contributed by atoms with Gasteiger partial charge in [-0.3, -0.25) is 4.79 Å². The number of nitrogens with one attached hydrogen (secondary N) is 1. The van der Waals surface area contributed by atoms with Gasteiger partial charge >= 0.3 is 0 Å². The second-order valence-electron chi connectivity index (χ2n) is 7.86. The van der Waals surface area contributed by atoms with E-state index in [4.69, 9.17) is 22.1 Å². The minimum absolute atomic E-state index is 0.133. The Balaban J connectivity index is 1.52. The average Bonchev–Trinajstić information content (AvgIpc) is 2.67. The Morgan fingerprint density at radius 1 is 1.22 bits per heavy atom. The molecule has 5 nitrogen and oxygen atoms in total. The van der Waals surface area contributed by atoms with Gasteiger partial charge in [0.1, 0.15) is 5.75 Å². The number of rotatable bonds is 6. The molecular formula is C21H32ClN3O2. The number of hydrogen-bond donors (Lipinski definition) is 2. The lowest BCUT2D eigenvalue weighted by Gasteiger charge is -2.35. The standard InChI is InChI=1S/C21H32ClN3O2/c1-2-27-20-13-19(23)18(22)12-17(20)21(26)24-16-8-10-25(11-9-16)14-15-6-4-3-5-7-15/h12-13,15-16H,2-11,14,23H2,1H3,(H,24,26). The Labute approximate surface area is 167 Å². The normalized spacial score (nSPS) is 19.8. The first kappa shape index (κ1) is 20.3. The van der Waals surface area contributed by atoms with Gasteiger partial charge in [0, 0.05) is 31.7 Å². The highest BCUT2D eigenvalue weighted by atomic mass is 35.5. The zero-order valence-corrected chi connectivity index (χ0v) is 17.1. The fraction of sp³-hybridized carbons (Fsp3) is 0.667. The Morgan fingerprint density at radius 3 is 2.59 bits per heavy atom. The molecule has 27 heavy (non-hydrogen) atoms. The summed E-state index contributed by atoms with van der Waals surface area (Å²) in [4.78, 5) is 15.3. The van der Waals surface area contributed by atoms with Crippen LogP contribution < -0.4 is 15.8 Å². The minimum Gasteiger partial charge on any atom is -0.493 e. The molecule has 150 valence electrons. The second-order valence-corrected chi connectivity index (χ2v) is 8.26. The van der Waals surface area contributed by atoms with E-state index in [2.05, 4.69) is 10.2 Å². The van der Waals surface area contributed by atoms with Crippen LogP contribution in [0.4, 0.5) is 5.69 Å². The van der Waals surface area contributed by atoms with Crippen molar-refractivity contribution in [2.75, 3.05) is 32.0 Å². The molecular weight excluding hydrogens is 362 g/mol. The van der Waals surface area contributed by atoms with E-state index < -0.39 is 0 Å². The van der Waals surface area contributed by atoms with Gasteiger partial charge in [0.15, 0.2) is 0 Å². The summed E-state index contributed by atoms with van der Waals surface area (Å²) in [6.45, 7) is 5.70. The van der Waals surface area contributed by atoms with Crippen LogP contribution in [0.15, 0.2) is 12.1 Å². The van der Waals surface area contributed by atoms with Gasteiger partial charge in [-0.25, -0.2) is 0 Å². The van der Waals surface area contributed by atoms with E-state index in [9.17, 15) is 4.79 Å². The third kappa shape index (κ3) is 5.52. The summed E-state index contributed by atoms with van der Waals surface area (Å²) in [6.07, 6.45) is 8.94. The molecule has 2 aliphatic rings. The van der Waals surface area contributed by atoms with E-state index in [0.29, 0.717) is 28.6 Å². The molecule has 1 aromatic carbocycles. The first-order chi connectivity index (χ1) is 13.1. The zero-order chi connectivity index (χ0) is 19.2. The lowest BCUT2D eigenvalue weighted by Crippen LogP contribution is -2.46. The van der Waals surface area contributed by atoms with Gasteiger partial charge in [0.25, 0.3) is 5.91 Å². The Hall–Kier alpha value is -1.46. The van der Waals surface area contributed by atoms with Crippen LogP contribution in [0, 0.1) is 5.92 Å². The van der Waals surface area contributed by atoms with Crippen molar-refractivity contribution in [1.82, 2.24) is 10.2 Å². The lowest BCUT2D eigenvalue weighted by atomic mass is 9.88. The first-order valence-corrected chi connectivity index (χ1v) is 10.7. The van der Waals surface area contributed by atoms with Gasteiger partial charge in [-0.15, -0.1) is 0 Å². The molecule has 1 heterocycles. The number of ether oxygens (including phenoxy) is 1. The van der Waals surface area contributed by atoms with Crippen LogP contribution in [0.25, 0.3) is 0 Å². The van der Waals surface area contributed by atoms with Gasteiger partial charge in [-0.05, 0) is 44.6 Å². The van der Waals surface area contributed by atoms with E-state index in [1.54, 1.807) is 12.1 Å². The average molecular weight is 394 g/mol. The molecule has 3 rings (SSSR count). The van der Waals surface area contributed by atoms with Crippen LogP contribution in [0.2, 0.25) is 5.02 Å².